The summed E-state index contributed by atoms with van der Waals surface area (Å²) in [6.45, 7) is 0. The van der Waals surface area contributed by atoms with Crippen LogP contribution in [0.15, 0.2) is 18.3 Å². The van der Waals surface area contributed by atoms with E-state index in [2.05, 4.69) is 4.98 Å². The van der Waals surface area contributed by atoms with Crippen LogP contribution in [-0.2, 0) is 0 Å². The van der Waals surface area contributed by atoms with Gasteiger partial charge < -0.3 is 0 Å². The van der Waals surface area contributed by atoms with Gasteiger partial charge in [0.2, 0.25) is 5.95 Å². The average molecular weight is 183 g/mol. The molecule has 2 nitrogen and oxygen atoms in total. The van der Waals surface area contributed by atoms with Crippen LogP contribution < -0.4 is 0 Å². The van der Waals surface area contributed by atoms with E-state index in [4.69, 9.17) is 16.9 Å². The van der Waals surface area contributed by atoms with Crippen LogP contribution >= 0.6 is 11.6 Å². The zero-order chi connectivity index (χ0) is 8.97. The monoisotopic (exact) mass is 182 g/mol. The summed E-state index contributed by atoms with van der Waals surface area (Å²) in [5, 5.41) is 8.52. The second kappa shape index (κ2) is 3.84. The Morgan fingerprint density at radius 2 is 2.42 bits per heavy atom. The van der Waals surface area contributed by atoms with Gasteiger partial charge in [0.15, 0.2) is 0 Å². The van der Waals surface area contributed by atoms with Gasteiger partial charge in [0.05, 0.1) is 11.1 Å². The van der Waals surface area contributed by atoms with Crippen molar-refractivity contribution >= 4 is 17.7 Å². The number of allylic oxidation sites excluding steroid dienone is 1. The molecule has 1 aromatic rings. The normalized spacial score (nSPS) is 10.1. The number of pyridine rings is 1. The van der Waals surface area contributed by atoms with E-state index < -0.39 is 5.95 Å². The number of aromatic nitrogens is 1. The van der Waals surface area contributed by atoms with Crippen molar-refractivity contribution in [1.29, 1.82) is 5.26 Å². The summed E-state index contributed by atoms with van der Waals surface area (Å²) in [5.74, 6) is -0.633. The fourth-order valence-electron chi connectivity index (χ4n) is 0.682. The van der Waals surface area contributed by atoms with Gasteiger partial charge in [0.25, 0.3) is 0 Å². The largest absolute Gasteiger partial charge is 0.226 e. The molecule has 12 heavy (non-hydrogen) atoms. The molecule has 1 rings (SSSR count). The Morgan fingerprint density at radius 1 is 1.67 bits per heavy atom. The van der Waals surface area contributed by atoms with Gasteiger partial charge in [-0.1, -0.05) is 11.6 Å². The van der Waals surface area contributed by atoms with Crippen LogP contribution in [0, 0.1) is 17.3 Å². The molecule has 0 unspecified atom stereocenters. The molecule has 0 spiro atoms. The van der Waals surface area contributed by atoms with Gasteiger partial charge in [-0.05, 0) is 12.1 Å². The van der Waals surface area contributed by atoms with Crippen LogP contribution in [0.5, 0.6) is 0 Å². The highest BCUT2D eigenvalue weighted by molar-refractivity contribution is 6.30. The van der Waals surface area contributed by atoms with Gasteiger partial charge in [-0.15, -0.1) is 0 Å². The zero-order valence-corrected chi connectivity index (χ0v) is 6.72. The molecule has 0 saturated heterocycles. The highest BCUT2D eigenvalue weighted by Gasteiger charge is 1.99. The number of rotatable bonds is 1. The lowest BCUT2D eigenvalue weighted by molar-refractivity contribution is 0.581. The molecule has 0 aliphatic carbocycles. The second-order valence-electron chi connectivity index (χ2n) is 2.00. The van der Waals surface area contributed by atoms with Gasteiger partial charge in [-0.3, -0.25) is 0 Å². The van der Waals surface area contributed by atoms with Crippen LogP contribution in [-0.4, -0.2) is 4.98 Å². The first-order chi connectivity index (χ1) is 5.74. The number of halogens is 2. The lowest BCUT2D eigenvalue weighted by Gasteiger charge is -1.94. The molecule has 0 atom stereocenters. The average Bonchev–Trinajstić information content (AvgIpc) is 2.07. The molecule has 0 aliphatic heterocycles. The summed E-state index contributed by atoms with van der Waals surface area (Å²) in [7, 11) is 0. The van der Waals surface area contributed by atoms with E-state index in [1.54, 1.807) is 6.07 Å². The fourth-order valence-corrected chi connectivity index (χ4v) is 0.849. The molecule has 0 bridgehead atoms. The zero-order valence-electron chi connectivity index (χ0n) is 5.96. The first-order valence-electron chi connectivity index (χ1n) is 3.11. The molecular formula is C8H4ClFN2. The number of nitrogens with zero attached hydrogens (tertiary/aromatic N) is 2. The Morgan fingerprint density at radius 3 is 3.08 bits per heavy atom. The third kappa shape index (κ3) is 2.04. The van der Waals surface area contributed by atoms with Gasteiger partial charge in [-0.25, -0.2) is 4.98 Å². The lowest BCUT2D eigenvalue weighted by atomic mass is 10.2. The van der Waals surface area contributed by atoms with Crippen molar-refractivity contribution in [2.45, 2.75) is 0 Å². The molecular weight excluding hydrogens is 179 g/mol. The maximum absolute atomic E-state index is 12.8. The van der Waals surface area contributed by atoms with Gasteiger partial charge in [0, 0.05) is 17.8 Å². The van der Waals surface area contributed by atoms with Crippen molar-refractivity contribution in [2.24, 2.45) is 0 Å². The summed E-state index contributed by atoms with van der Waals surface area (Å²) < 4.78 is 12.8. The summed E-state index contributed by atoms with van der Waals surface area (Å²) in [6.07, 6.45) is 3.69. The minimum absolute atomic E-state index is 0.212. The van der Waals surface area contributed by atoms with Crippen molar-refractivity contribution in [1.82, 2.24) is 4.98 Å². The first-order valence-corrected chi connectivity index (χ1v) is 3.49. The summed E-state index contributed by atoms with van der Waals surface area (Å²) in [4.78, 5) is 3.37. The molecule has 0 amide bonds. The minimum atomic E-state index is -0.633. The van der Waals surface area contributed by atoms with E-state index in [0.717, 1.165) is 6.08 Å². The standard InChI is InChI=1S/C8H4ClFN2/c9-7-4-6(2-1-3-11)8(10)12-5-7/h1-2,4-5H. The fraction of sp³-hybridized carbons (Fsp3) is 0. The number of nitriles is 1. The van der Waals surface area contributed by atoms with Crippen molar-refractivity contribution in [2.75, 3.05) is 0 Å². The highest BCUT2D eigenvalue weighted by Crippen LogP contribution is 2.13. The molecule has 0 aromatic carbocycles. The maximum atomic E-state index is 12.8. The lowest BCUT2D eigenvalue weighted by Crippen LogP contribution is -1.86. The summed E-state index contributed by atoms with van der Waals surface area (Å²) >= 11 is 5.55. The van der Waals surface area contributed by atoms with E-state index in [9.17, 15) is 4.39 Å². The van der Waals surface area contributed by atoms with Crippen molar-refractivity contribution < 1.29 is 4.39 Å². The number of hydrogen-bond acceptors (Lipinski definition) is 2. The predicted molar refractivity (Wildman–Crippen MR) is 43.9 cm³/mol. The topological polar surface area (TPSA) is 36.7 Å². The van der Waals surface area contributed by atoms with E-state index in [-0.39, 0.29) is 5.56 Å². The van der Waals surface area contributed by atoms with E-state index in [1.165, 1.54) is 18.3 Å². The van der Waals surface area contributed by atoms with E-state index in [1.807, 2.05) is 0 Å². The van der Waals surface area contributed by atoms with Gasteiger partial charge in [-0.2, -0.15) is 9.65 Å². The minimum Gasteiger partial charge on any atom is -0.226 e. The maximum Gasteiger partial charge on any atom is 0.220 e. The van der Waals surface area contributed by atoms with Crippen LogP contribution in [0.4, 0.5) is 4.39 Å². The third-order valence-corrected chi connectivity index (χ3v) is 1.38. The van der Waals surface area contributed by atoms with Crippen LogP contribution in [0.25, 0.3) is 6.08 Å². The Kier molecular flexibility index (Phi) is 2.78. The Bertz CT molecular complexity index is 355. The Balaban J connectivity index is 3.07. The molecule has 4 heteroatoms. The predicted octanol–water partition coefficient (Wildman–Crippen LogP) is 2.41. The molecule has 60 valence electrons. The van der Waals surface area contributed by atoms with Crippen molar-refractivity contribution in [3.05, 3.63) is 34.9 Å². The summed E-state index contributed by atoms with van der Waals surface area (Å²) in [5.41, 5.74) is 0.212. The van der Waals surface area contributed by atoms with Crippen LogP contribution in [0.3, 0.4) is 0 Å². The Hall–Kier alpha value is -1.40. The molecule has 0 aliphatic rings. The van der Waals surface area contributed by atoms with Crippen LogP contribution in [0.1, 0.15) is 5.56 Å². The second-order valence-corrected chi connectivity index (χ2v) is 2.43. The highest BCUT2D eigenvalue weighted by atomic mass is 35.5. The van der Waals surface area contributed by atoms with Gasteiger partial charge in [0.1, 0.15) is 0 Å². The molecule has 0 radical (unpaired) electrons. The molecule has 0 fully saturated rings. The van der Waals surface area contributed by atoms with E-state index >= 15 is 0 Å². The molecule has 1 heterocycles. The number of hydrogen-bond donors (Lipinski definition) is 0. The molecule has 1 aromatic heterocycles. The van der Waals surface area contributed by atoms with Crippen LogP contribution in [0.2, 0.25) is 5.02 Å². The van der Waals surface area contributed by atoms with Crippen molar-refractivity contribution in [3.63, 3.8) is 0 Å². The van der Waals surface area contributed by atoms with E-state index in [0.29, 0.717) is 5.02 Å². The third-order valence-electron chi connectivity index (χ3n) is 1.17. The quantitative estimate of drug-likeness (QED) is 0.494. The molecule has 0 saturated carbocycles. The first kappa shape index (κ1) is 8.69. The van der Waals surface area contributed by atoms with Gasteiger partial charge >= 0.3 is 0 Å². The SMILES string of the molecule is N#CC=Cc1cc(Cl)cnc1F. The van der Waals surface area contributed by atoms with Crippen molar-refractivity contribution in [3.8, 4) is 6.07 Å². The molecule has 0 N–H and O–H groups in total. The smallest absolute Gasteiger partial charge is 0.220 e. The summed E-state index contributed by atoms with van der Waals surface area (Å²) in [6, 6.07) is 3.15. The Labute approximate surface area is 73.9 Å².